The Labute approximate surface area is 154 Å². The molecule has 1 amide bonds. The van der Waals surface area contributed by atoms with E-state index in [1.54, 1.807) is 12.1 Å². The molecule has 138 valence electrons. The van der Waals surface area contributed by atoms with Crippen LogP contribution in [0.1, 0.15) is 45.1 Å². The Morgan fingerprint density at radius 3 is 2.88 bits per heavy atom. The van der Waals surface area contributed by atoms with E-state index in [0.29, 0.717) is 6.42 Å². The molecule has 0 spiro atoms. The Morgan fingerprint density at radius 2 is 2.24 bits per heavy atom. The number of hydrogen-bond donors (Lipinski definition) is 0. The molecule has 0 bridgehead atoms. The summed E-state index contributed by atoms with van der Waals surface area (Å²) in [6.07, 6.45) is 5.60. The SMILES string of the molecule is CC/C(Cc1ccc(F)c(Cl)c1)=N\N(CC)[C@@H]1CCCCN(C=O)C1. The van der Waals surface area contributed by atoms with Gasteiger partial charge in [0.2, 0.25) is 6.41 Å². The van der Waals surface area contributed by atoms with Gasteiger partial charge in [-0.1, -0.05) is 24.6 Å². The molecule has 1 aliphatic rings. The summed E-state index contributed by atoms with van der Waals surface area (Å²) in [5.41, 5.74) is 1.99. The van der Waals surface area contributed by atoms with E-state index in [2.05, 4.69) is 18.9 Å². The third-order valence-corrected chi connectivity index (χ3v) is 4.93. The second-order valence-corrected chi connectivity index (χ2v) is 6.86. The summed E-state index contributed by atoms with van der Waals surface area (Å²) in [6, 6.07) is 5.06. The van der Waals surface area contributed by atoms with Crippen LogP contribution in [0, 0.1) is 5.82 Å². The molecule has 1 aromatic carbocycles. The number of carbonyl (C=O) groups excluding carboxylic acids is 1. The molecule has 0 aromatic heterocycles. The number of hydrogen-bond acceptors (Lipinski definition) is 3. The third-order valence-electron chi connectivity index (χ3n) is 4.64. The van der Waals surface area contributed by atoms with Crippen LogP contribution in [0.5, 0.6) is 0 Å². The number of amides is 1. The largest absolute Gasteiger partial charge is 0.343 e. The van der Waals surface area contributed by atoms with Gasteiger partial charge in [-0.25, -0.2) is 4.39 Å². The van der Waals surface area contributed by atoms with E-state index < -0.39 is 5.82 Å². The van der Waals surface area contributed by atoms with Crippen LogP contribution < -0.4 is 0 Å². The number of carbonyl (C=O) groups is 1. The molecule has 0 radical (unpaired) electrons. The van der Waals surface area contributed by atoms with Crippen molar-refractivity contribution in [3.63, 3.8) is 0 Å². The van der Waals surface area contributed by atoms with Crippen molar-refractivity contribution in [1.29, 1.82) is 0 Å². The van der Waals surface area contributed by atoms with Gasteiger partial charge in [-0.15, -0.1) is 0 Å². The molecule has 25 heavy (non-hydrogen) atoms. The lowest BCUT2D eigenvalue weighted by Crippen LogP contribution is -2.40. The molecule has 0 unspecified atom stereocenters. The average molecular weight is 368 g/mol. The van der Waals surface area contributed by atoms with E-state index in [1.165, 1.54) is 6.07 Å². The fourth-order valence-electron chi connectivity index (χ4n) is 3.20. The van der Waals surface area contributed by atoms with E-state index in [1.807, 2.05) is 4.90 Å². The molecule has 2 rings (SSSR count). The summed E-state index contributed by atoms with van der Waals surface area (Å²) in [7, 11) is 0. The van der Waals surface area contributed by atoms with Crippen molar-refractivity contribution in [2.24, 2.45) is 5.10 Å². The number of benzene rings is 1. The summed E-state index contributed by atoms with van der Waals surface area (Å²) in [5, 5.41) is 7.11. The molecule has 1 fully saturated rings. The minimum atomic E-state index is -0.400. The fraction of sp³-hybridized carbons (Fsp3) is 0.579. The molecule has 1 atom stereocenters. The highest BCUT2D eigenvalue weighted by Crippen LogP contribution is 2.19. The van der Waals surface area contributed by atoms with E-state index in [-0.39, 0.29) is 11.1 Å². The molecular weight excluding hydrogens is 341 g/mol. The topological polar surface area (TPSA) is 35.9 Å². The van der Waals surface area contributed by atoms with Crippen LogP contribution in [-0.2, 0) is 11.2 Å². The van der Waals surface area contributed by atoms with Gasteiger partial charge >= 0.3 is 0 Å². The van der Waals surface area contributed by atoms with Crippen molar-refractivity contribution in [3.8, 4) is 0 Å². The highest BCUT2D eigenvalue weighted by Gasteiger charge is 2.22. The second-order valence-electron chi connectivity index (χ2n) is 6.45. The van der Waals surface area contributed by atoms with Gasteiger partial charge in [-0.3, -0.25) is 9.80 Å². The Hall–Kier alpha value is -1.62. The molecule has 0 saturated carbocycles. The number of likely N-dealkylation sites (N-methyl/N-ethyl adjacent to an activating group) is 1. The third kappa shape index (κ3) is 5.70. The minimum absolute atomic E-state index is 0.144. The fourth-order valence-corrected chi connectivity index (χ4v) is 3.40. The smallest absolute Gasteiger partial charge is 0.209 e. The van der Waals surface area contributed by atoms with Crippen LogP contribution in [0.15, 0.2) is 23.3 Å². The lowest BCUT2D eigenvalue weighted by molar-refractivity contribution is -0.118. The number of hydrazone groups is 1. The van der Waals surface area contributed by atoms with Gasteiger partial charge in [0.25, 0.3) is 0 Å². The van der Waals surface area contributed by atoms with Gasteiger partial charge in [0.1, 0.15) is 5.82 Å². The molecule has 1 aliphatic heterocycles. The van der Waals surface area contributed by atoms with Crippen molar-refractivity contribution < 1.29 is 9.18 Å². The first-order valence-electron chi connectivity index (χ1n) is 9.03. The van der Waals surface area contributed by atoms with E-state index in [0.717, 1.165) is 63.0 Å². The van der Waals surface area contributed by atoms with Gasteiger partial charge in [0, 0.05) is 31.8 Å². The monoisotopic (exact) mass is 367 g/mol. The summed E-state index contributed by atoms with van der Waals surface area (Å²) < 4.78 is 13.3. The number of rotatable bonds is 7. The van der Waals surface area contributed by atoms with Gasteiger partial charge in [-0.05, 0) is 50.3 Å². The average Bonchev–Trinajstić information content (AvgIpc) is 2.87. The van der Waals surface area contributed by atoms with Crippen LogP contribution in [0.3, 0.4) is 0 Å². The Morgan fingerprint density at radius 1 is 1.44 bits per heavy atom. The van der Waals surface area contributed by atoms with Gasteiger partial charge in [-0.2, -0.15) is 5.10 Å². The maximum absolute atomic E-state index is 13.3. The van der Waals surface area contributed by atoms with Crippen LogP contribution in [0.25, 0.3) is 0 Å². The van der Waals surface area contributed by atoms with Crippen LogP contribution in [0.2, 0.25) is 5.02 Å². The van der Waals surface area contributed by atoms with Crippen LogP contribution in [-0.4, -0.2) is 47.7 Å². The summed E-state index contributed by atoms with van der Waals surface area (Å²) in [5.74, 6) is -0.400. The van der Waals surface area contributed by atoms with Gasteiger partial charge < -0.3 is 4.90 Å². The maximum Gasteiger partial charge on any atom is 0.209 e. The van der Waals surface area contributed by atoms with Crippen molar-refractivity contribution >= 4 is 23.7 Å². The number of halogens is 2. The molecular formula is C19H27ClFN3O. The van der Waals surface area contributed by atoms with E-state index in [9.17, 15) is 9.18 Å². The summed E-state index contributed by atoms with van der Waals surface area (Å²) in [6.45, 7) is 6.51. The first kappa shape index (κ1) is 19.7. The molecule has 1 aromatic rings. The number of likely N-dealkylation sites (tertiary alicyclic amines) is 1. The first-order valence-corrected chi connectivity index (χ1v) is 9.41. The zero-order valence-corrected chi connectivity index (χ0v) is 15.8. The standard InChI is InChI=1S/C19H27ClFN3O/c1-3-16(11-15-8-9-19(21)18(20)12-15)22-24(4-2)17-7-5-6-10-23(13-17)14-25/h8-9,12,14,17H,3-7,10-11,13H2,1-2H3/b22-16+/t17-/m1/s1. The molecule has 6 heteroatoms. The Bertz CT molecular complexity index is 608. The second kappa shape index (κ2) is 9.76. The Balaban J connectivity index is 2.13. The normalized spacial score (nSPS) is 18.8. The summed E-state index contributed by atoms with van der Waals surface area (Å²) in [4.78, 5) is 13.0. The minimum Gasteiger partial charge on any atom is -0.343 e. The van der Waals surface area contributed by atoms with Crippen LogP contribution >= 0.6 is 11.6 Å². The molecule has 1 heterocycles. The number of nitrogens with zero attached hydrogens (tertiary/aromatic N) is 3. The molecule has 1 saturated heterocycles. The molecule has 4 nitrogen and oxygen atoms in total. The molecule has 0 aliphatic carbocycles. The van der Waals surface area contributed by atoms with Crippen molar-refractivity contribution in [1.82, 2.24) is 9.91 Å². The predicted molar refractivity (Wildman–Crippen MR) is 100 cm³/mol. The summed E-state index contributed by atoms with van der Waals surface area (Å²) >= 11 is 5.88. The van der Waals surface area contributed by atoms with Crippen molar-refractivity contribution in [2.45, 2.75) is 52.0 Å². The van der Waals surface area contributed by atoms with Gasteiger partial charge in [0.15, 0.2) is 0 Å². The maximum atomic E-state index is 13.3. The van der Waals surface area contributed by atoms with Crippen molar-refractivity contribution in [2.75, 3.05) is 19.6 Å². The van der Waals surface area contributed by atoms with E-state index in [4.69, 9.17) is 16.7 Å². The van der Waals surface area contributed by atoms with Gasteiger partial charge in [0.05, 0.1) is 11.1 Å². The predicted octanol–water partition coefficient (Wildman–Crippen LogP) is 4.12. The zero-order valence-electron chi connectivity index (χ0n) is 15.0. The molecule has 0 N–H and O–H groups in total. The zero-order chi connectivity index (χ0) is 18.2. The van der Waals surface area contributed by atoms with Crippen LogP contribution in [0.4, 0.5) is 4.39 Å². The highest BCUT2D eigenvalue weighted by atomic mass is 35.5. The highest BCUT2D eigenvalue weighted by molar-refractivity contribution is 6.30. The van der Waals surface area contributed by atoms with Crippen molar-refractivity contribution in [3.05, 3.63) is 34.6 Å². The Kier molecular flexibility index (Phi) is 7.69. The first-order chi connectivity index (χ1) is 12.1. The quantitative estimate of drug-likeness (QED) is 0.413. The van der Waals surface area contributed by atoms with E-state index >= 15 is 0 Å². The lowest BCUT2D eigenvalue weighted by atomic mass is 10.1. The lowest BCUT2D eigenvalue weighted by Gasteiger charge is -2.30.